The number of benzene rings is 3. The zero-order valence-corrected chi connectivity index (χ0v) is 33.1. The van der Waals surface area contributed by atoms with Gasteiger partial charge in [0.25, 0.3) is 19.9 Å². The second-order valence-electron chi connectivity index (χ2n) is 14.1. The van der Waals surface area contributed by atoms with Crippen LogP contribution in [0.5, 0.6) is 0 Å². The fraction of sp³-hybridized carbons (Fsp3) is 0.385. The second kappa shape index (κ2) is 17.5. The van der Waals surface area contributed by atoms with E-state index in [0.717, 1.165) is 42.7 Å². The molecule has 1 atom stereocenters. The number of halogens is 3. The molecule has 0 bridgehead atoms. The number of anilines is 2. The maximum absolute atomic E-state index is 14.1. The van der Waals surface area contributed by atoms with Crippen molar-refractivity contribution in [2.45, 2.75) is 77.3 Å². The van der Waals surface area contributed by atoms with Crippen LogP contribution in [0.15, 0.2) is 105 Å². The Balaban J connectivity index is 1.20. The zero-order valence-electron chi connectivity index (χ0n) is 30.7. The summed E-state index contributed by atoms with van der Waals surface area (Å²) in [7, 11) is -6.84. The average Bonchev–Trinajstić information content (AvgIpc) is 3.16. The molecule has 2 N–H and O–H groups in total. The number of sulfonamides is 1. The number of aromatic nitrogens is 2. The molecule has 0 amide bonds. The summed E-state index contributed by atoms with van der Waals surface area (Å²) in [5, 5.41) is 2.99. The molecule has 1 aliphatic carbocycles. The van der Waals surface area contributed by atoms with Crippen molar-refractivity contribution in [3.05, 3.63) is 108 Å². The molecule has 4 aromatic rings. The third-order valence-corrected chi connectivity index (χ3v) is 13.9. The molecule has 1 saturated carbocycles. The van der Waals surface area contributed by atoms with Gasteiger partial charge in [-0.3, -0.25) is 9.62 Å². The predicted molar refractivity (Wildman–Crippen MR) is 211 cm³/mol. The van der Waals surface area contributed by atoms with Crippen LogP contribution in [-0.4, -0.2) is 87.1 Å². The van der Waals surface area contributed by atoms with Gasteiger partial charge in [-0.1, -0.05) is 60.2 Å². The smallest absolute Gasteiger partial charge is 0.380 e. The first kappa shape index (κ1) is 40.7. The minimum atomic E-state index is -5.96. The number of nitrogens with zero attached hydrogens (tertiary/aromatic N) is 4. The van der Waals surface area contributed by atoms with Crippen LogP contribution >= 0.6 is 11.8 Å². The molecule has 2 heterocycles. The van der Waals surface area contributed by atoms with Gasteiger partial charge in [0, 0.05) is 41.4 Å². The molecule has 0 saturated heterocycles. The summed E-state index contributed by atoms with van der Waals surface area (Å²) in [6.45, 7) is 1.73. The van der Waals surface area contributed by atoms with E-state index in [1.165, 1.54) is 29.2 Å². The molecule has 6 rings (SSSR count). The molecule has 1 fully saturated rings. The van der Waals surface area contributed by atoms with Crippen molar-refractivity contribution < 1.29 is 30.0 Å². The summed E-state index contributed by atoms with van der Waals surface area (Å²) in [5.74, 6) is 0.430. The third kappa shape index (κ3) is 10.3. The van der Waals surface area contributed by atoms with E-state index in [4.69, 9.17) is 0 Å². The Kier molecular flexibility index (Phi) is 12.9. The number of thioether (sulfide) groups is 1. The van der Waals surface area contributed by atoms with Gasteiger partial charge in [0.05, 0.1) is 16.3 Å². The highest BCUT2D eigenvalue weighted by Gasteiger charge is 2.48. The number of hydrogen-bond acceptors (Lipinski definition) is 10. The van der Waals surface area contributed by atoms with Gasteiger partial charge in [0.2, 0.25) is 0 Å². The highest BCUT2D eigenvalue weighted by atomic mass is 32.2. The largest absolute Gasteiger partial charge is 0.501 e. The lowest BCUT2D eigenvalue weighted by Gasteiger charge is -2.38. The van der Waals surface area contributed by atoms with Crippen LogP contribution < -0.4 is 10.0 Å². The minimum absolute atomic E-state index is 0.0190. The molecular weight excluding hydrogens is 770 g/mol. The maximum atomic E-state index is 14.1. The molecule has 16 heteroatoms. The molecule has 294 valence electrons. The van der Waals surface area contributed by atoms with Crippen molar-refractivity contribution in [1.29, 1.82) is 0 Å². The first-order valence-electron chi connectivity index (χ1n) is 18.1. The van der Waals surface area contributed by atoms with Gasteiger partial charge in [0.15, 0.2) is 0 Å². The second-order valence-corrected chi connectivity index (χ2v) is 18.8. The molecule has 1 aromatic heterocycles. The molecule has 10 nitrogen and oxygen atoms in total. The van der Waals surface area contributed by atoms with Crippen molar-refractivity contribution in [2.75, 3.05) is 43.0 Å². The highest BCUT2D eigenvalue weighted by Crippen LogP contribution is 2.38. The van der Waals surface area contributed by atoms with Crippen LogP contribution in [0.1, 0.15) is 48.9 Å². The standard InChI is InChI=1S/C39H45F3N6O4S3/c1-47(2)21-19-30(26-53-32-11-7-4-8-12-32)45-35-18-17-33(24-37(35)54(49,50)39(40,41)42)55(51,52)46-38-34-20-22-48(25-36(34)43-27-44-38)31-15-13-29(14-16-31)23-28-9-5-3-6-10-28/h3-12,17-18,23-24,27,30-31,45H,13-16,19-22,25-26H2,1-2H3,(H,43,44,46). The Hall–Kier alpha value is -3.96. The van der Waals surface area contributed by atoms with Crippen molar-refractivity contribution in [3.63, 3.8) is 0 Å². The van der Waals surface area contributed by atoms with Crippen LogP contribution in [-0.2, 0) is 32.8 Å². The minimum Gasteiger partial charge on any atom is -0.380 e. The number of rotatable bonds is 14. The Morgan fingerprint density at radius 3 is 2.31 bits per heavy atom. The van der Waals surface area contributed by atoms with E-state index in [1.54, 1.807) is 0 Å². The van der Waals surface area contributed by atoms with E-state index in [0.29, 0.717) is 61.6 Å². The highest BCUT2D eigenvalue weighted by molar-refractivity contribution is 7.99. The van der Waals surface area contributed by atoms with E-state index in [1.807, 2.05) is 67.5 Å². The fourth-order valence-electron chi connectivity index (χ4n) is 6.91. The summed E-state index contributed by atoms with van der Waals surface area (Å²) >= 11 is 1.47. The van der Waals surface area contributed by atoms with Crippen LogP contribution in [0.2, 0.25) is 0 Å². The summed E-state index contributed by atoms with van der Waals surface area (Å²) in [6.07, 6.45) is 8.42. The van der Waals surface area contributed by atoms with Crippen LogP contribution in [0.3, 0.4) is 0 Å². The number of nitrogens with one attached hydrogen (secondary N) is 2. The molecule has 2 aliphatic rings. The SMILES string of the molecule is CN(C)CCC(CSc1ccccc1)Nc1ccc(S(=O)(=O)Nc2ncnc3c2CCN(C2CCC(=Cc4ccccc4)CC2)C3)cc1S(=O)(=O)C(F)(F)F. The molecule has 3 aromatic carbocycles. The van der Waals surface area contributed by atoms with Gasteiger partial charge in [-0.25, -0.2) is 26.8 Å². The van der Waals surface area contributed by atoms with Gasteiger partial charge >= 0.3 is 5.51 Å². The number of fused-ring (bicyclic) bond motifs is 1. The lowest BCUT2D eigenvalue weighted by atomic mass is 9.87. The molecule has 0 spiro atoms. The Morgan fingerprint density at radius 1 is 0.945 bits per heavy atom. The Morgan fingerprint density at radius 2 is 1.64 bits per heavy atom. The first-order valence-corrected chi connectivity index (χ1v) is 22.0. The van der Waals surface area contributed by atoms with Crippen LogP contribution in [0.4, 0.5) is 24.7 Å². The van der Waals surface area contributed by atoms with Gasteiger partial charge in [-0.2, -0.15) is 13.2 Å². The van der Waals surface area contributed by atoms with E-state index >= 15 is 0 Å². The van der Waals surface area contributed by atoms with Crippen molar-refractivity contribution in [3.8, 4) is 0 Å². The van der Waals surface area contributed by atoms with Crippen LogP contribution in [0.25, 0.3) is 6.08 Å². The van der Waals surface area contributed by atoms with Crippen molar-refractivity contribution in [1.82, 2.24) is 19.8 Å². The van der Waals surface area contributed by atoms with E-state index in [-0.39, 0.29) is 11.5 Å². The van der Waals surface area contributed by atoms with E-state index in [2.05, 4.69) is 43.1 Å². The lowest BCUT2D eigenvalue weighted by molar-refractivity contribution is -0.0435. The topological polar surface area (TPSA) is 125 Å². The molecule has 0 radical (unpaired) electrons. The molecule has 55 heavy (non-hydrogen) atoms. The van der Waals surface area contributed by atoms with Gasteiger partial charge < -0.3 is 10.2 Å². The predicted octanol–water partition coefficient (Wildman–Crippen LogP) is 7.48. The monoisotopic (exact) mass is 814 g/mol. The van der Waals surface area contributed by atoms with Gasteiger partial charge in [-0.15, -0.1) is 11.8 Å². The fourth-order valence-corrected chi connectivity index (χ4v) is 9.99. The molecule has 1 aliphatic heterocycles. The summed E-state index contributed by atoms with van der Waals surface area (Å²) in [5.41, 5.74) is -2.13. The van der Waals surface area contributed by atoms with Crippen molar-refractivity contribution >= 4 is 49.2 Å². The number of allylic oxidation sites excluding steroid dienone is 1. The number of hydrogen-bond donors (Lipinski definition) is 2. The van der Waals surface area contributed by atoms with Gasteiger partial charge in [-0.05, 0) is 95.1 Å². The maximum Gasteiger partial charge on any atom is 0.501 e. The third-order valence-electron chi connectivity index (χ3n) is 9.89. The Bertz CT molecular complexity index is 2180. The van der Waals surface area contributed by atoms with E-state index in [9.17, 15) is 30.0 Å². The Labute approximate surface area is 325 Å². The average molecular weight is 815 g/mol. The molecular formula is C39H45F3N6O4S3. The molecule has 1 unspecified atom stereocenters. The quantitative estimate of drug-likeness (QED) is 0.124. The van der Waals surface area contributed by atoms with Crippen LogP contribution in [0, 0.1) is 0 Å². The summed E-state index contributed by atoms with van der Waals surface area (Å²) in [6, 6.07) is 22.3. The first-order chi connectivity index (χ1) is 26.2. The lowest BCUT2D eigenvalue weighted by Crippen LogP contribution is -2.41. The van der Waals surface area contributed by atoms with Crippen molar-refractivity contribution in [2.24, 2.45) is 0 Å². The number of alkyl halides is 3. The summed E-state index contributed by atoms with van der Waals surface area (Å²) in [4.78, 5) is 12.0. The zero-order chi connectivity index (χ0) is 39.2. The normalized spacial score (nSPS) is 17.4. The summed E-state index contributed by atoms with van der Waals surface area (Å²) < 4.78 is 98.1. The van der Waals surface area contributed by atoms with E-state index < -0.39 is 41.2 Å². The van der Waals surface area contributed by atoms with Gasteiger partial charge in [0.1, 0.15) is 17.0 Å². The number of sulfone groups is 1.